The molecule has 0 radical (unpaired) electrons. The lowest BCUT2D eigenvalue weighted by molar-refractivity contribution is -0.305. The number of amides is 2. The lowest BCUT2D eigenvalue weighted by Gasteiger charge is -2.37. The maximum absolute atomic E-state index is 14.1. The first-order chi connectivity index (χ1) is 18.7. The number of ether oxygens (including phenoxy) is 1. The summed E-state index contributed by atoms with van der Waals surface area (Å²) in [6, 6.07) is 5.32. The van der Waals surface area contributed by atoms with Crippen LogP contribution in [-0.2, 0) is 40.9 Å². The summed E-state index contributed by atoms with van der Waals surface area (Å²) >= 11 is 0. The summed E-state index contributed by atoms with van der Waals surface area (Å²) < 4.78 is 113. The summed E-state index contributed by atoms with van der Waals surface area (Å²) in [5.74, 6) is -3.07. The maximum atomic E-state index is 14.1. The molecule has 41 heavy (non-hydrogen) atoms. The molecule has 0 fully saturated rings. The fourth-order valence-electron chi connectivity index (χ4n) is 4.60. The van der Waals surface area contributed by atoms with E-state index in [2.05, 4.69) is 10.1 Å². The van der Waals surface area contributed by atoms with E-state index in [0.717, 1.165) is 23.3 Å². The first-order valence-corrected chi connectivity index (χ1v) is 13.9. The monoisotopic (exact) mass is 608 g/mol. The number of alkyl halides is 6. The van der Waals surface area contributed by atoms with E-state index in [1.807, 2.05) is 0 Å². The molecule has 0 saturated carbocycles. The summed E-state index contributed by atoms with van der Waals surface area (Å²) in [4.78, 5) is 38.5. The zero-order valence-corrected chi connectivity index (χ0v) is 23.0. The molecule has 2 amide bonds. The molecule has 0 saturated heterocycles. The van der Waals surface area contributed by atoms with Crippen molar-refractivity contribution in [1.82, 2.24) is 4.90 Å². The number of carbonyl (C=O) groups is 3. The van der Waals surface area contributed by atoms with Gasteiger partial charge in [0.1, 0.15) is 6.04 Å². The van der Waals surface area contributed by atoms with Gasteiger partial charge in [0.15, 0.2) is 15.3 Å². The van der Waals surface area contributed by atoms with Crippen LogP contribution in [0.5, 0.6) is 0 Å². The van der Waals surface area contributed by atoms with Crippen molar-refractivity contribution in [3.8, 4) is 0 Å². The zero-order valence-electron chi connectivity index (χ0n) is 22.2. The van der Waals surface area contributed by atoms with E-state index >= 15 is 0 Å². The quantitative estimate of drug-likeness (QED) is 0.356. The lowest BCUT2D eigenvalue weighted by Crippen LogP contribution is -2.55. The number of rotatable bonds is 7. The number of hydrogen-bond acceptors (Lipinski definition) is 6. The normalized spacial score (nSPS) is 16.0. The SMILES string of the molecule is CC(=O)N1Cc2cc(S(C)(=O)=O)ccc2C1C(=O)Nc1ccc(C(CC(=O)OC(C)C)(C(F)(F)F)C(F)(F)F)cc1. The van der Waals surface area contributed by atoms with Gasteiger partial charge in [0.25, 0.3) is 5.91 Å². The average Bonchev–Trinajstić information content (AvgIpc) is 3.20. The van der Waals surface area contributed by atoms with Gasteiger partial charge in [-0.05, 0) is 54.8 Å². The van der Waals surface area contributed by atoms with Crippen LogP contribution >= 0.6 is 0 Å². The molecule has 0 bridgehead atoms. The van der Waals surface area contributed by atoms with E-state index in [1.165, 1.54) is 39.0 Å². The van der Waals surface area contributed by atoms with Crippen LogP contribution in [0.3, 0.4) is 0 Å². The second kappa shape index (κ2) is 11.0. The standard InChI is InChI=1S/C26H26F6N2O6S/c1-14(2)40-21(36)12-24(25(27,28)29,26(30,31)32)17-5-7-18(8-6-17)33-23(37)22-20-10-9-19(41(4,38)39)11-16(20)13-34(22)15(3)35/h5-11,14,22H,12-13H2,1-4H3,(H,33,37). The van der Waals surface area contributed by atoms with Crippen LogP contribution in [-0.4, -0.2) is 55.8 Å². The van der Waals surface area contributed by atoms with E-state index in [4.69, 9.17) is 0 Å². The smallest absolute Gasteiger partial charge is 0.407 e. The Morgan fingerprint density at radius 1 is 1.00 bits per heavy atom. The van der Waals surface area contributed by atoms with Gasteiger partial charge < -0.3 is 15.0 Å². The van der Waals surface area contributed by atoms with Crippen LogP contribution in [0.2, 0.25) is 0 Å². The van der Waals surface area contributed by atoms with Gasteiger partial charge in [0.2, 0.25) is 5.91 Å². The molecule has 2 aromatic carbocycles. The van der Waals surface area contributed by atoms with Gasteiger partial charge in [-0.15, -0.1) is 0 Å². The predicted molar refractivity (Wildman–Crippen MR) is 133 cm³/mol. The minimum absolute atomic E-state index is 0.0357. The highest BCUT2D eigenvalue weighted by molar-refractivity contribution is 7.90. The Bertz CT molecular complexity index is 1440. The van der Waals surface area contributed by atoms with Crippen molar-refractivity contribution in [2.45, 2.75) is 68.5 Å². The predicted octanol–water partition coefficient (Wildman–Crippen LogP) is 4.84. The number of halogens is 6. The maximum Gasteiger partial charge on any atom is 0.407 e. The average molecular weight is 609 g/mol. The molecule has 1 N–H and O–H groups in total. The Hall–Kier alpha value is -3.62. The summed E-state index contributed by atoms with van der Waals surface area (Å²) in [5.41, 5.74) is -5.38. The highest BCUT2D eigenvalue weighted by atomic mass is 32.2. The first kappa shape index (κ1) is 31.9. The Labute approximate surface area is 231 Å². The van der Waals surface area contributed by atoms with Crippen molar-refractivity contribution >= 4 is 33.3 Å². The molecule has 1 unspecified atom stereocenters. The van der Waals surface area contributed by atoms with Crippen LogP contribution in [0, 0.1) is 0 Å². The number of nitrogens with one attached hydrogen (secondary N) is 1. The lowest BCUT2D eigenvalue weighted by atomic mass is 9.76. The number of carbonyl (C=O) groups excluding carboxylic acids is 3. The third kappa shape index (κ3) is 6.34. The molecule has 1 heterocycles. The first-order valence-electron chi connectivity index (χ1n) is 12.0. The van der Waals surface area contributed by atoms with E-state index in [-0.39, 0.29) is 17.1 Å². The van der Waals surface area contributed by atoms with Crippen molar-refractivity contribution < 1.29 is 53.9 Å². The van der Waals surface area contributed by atoms with E-state index in [1.54, 1.807) is 0 Å². The fourth-order valence-corrected chi connectivity index (χ4v) is 5.27. The summed E-state index contributed by atoms with van der Waals surface area (Å²) in [6.45, 7) is 3.63. The third-order valence-electron chi connectivity index (χ3n) is 6.53. The Morgan fingerprint density at radius 3 is 2.02 bits per heavy atom. The Kier molecular flexibility index (Phi) is 8.55. The van der Waals surface area contributed by atoms with Crippen molar-refractivity contribution in [1.29, 1.82) is 0 Å². The Morgan fingerprint density at radius 2 is 1.56 bits per heavy atom. The third-order valence-corrected chi connectivity index (χ3v) is 7.64. The van der Waals surface area contributed by atoms with Crippen molar-refractivity contribution in [3.05, 3.63) is 59.2 Å². The molecule has 1 aliphatic heterocycles. The van der Waals surface area contributed by atoms with Gasteiger partial charge >= 0.3 is 18.3 Å². The topological polar surface area (TPSA) is 110 Å². The van der Waals surface area contributed by atoms with Gasteiger partial charge in [-0.25, -0.2) is 8.42 Å². The molecule has 8 nitrogen and oxygen atoms in total. The van der Waals surface area contributed by atoms with Crippen LogP contribution < -0.4 is 5.32 Å². The molecule has 2 aromatic rings. The summed E-state index contributed by atoms with van der Waals surface area (Å²) in [7, 11) is -3.59. The van der Waals surface area contributed by atoms with Crippen molar-refractivity contribution in [3.63, 3.8) is 0 Å². The molecule has 0 spiro atoms. The van der Waals surface area contributed by atoms with Crippen LogP contribution in [0.1, 0.15) is 49.9 Å². The molecular formula is C26H26F6N2O6S. The number of nitrogens with zero attached hydrogens (tertiary/aromatic N) is 1. The van der Waals surface area contributed by atoms with Crippen LogP contribution in [0.25, 0.3) is 0 Å². The highest BCUT2D eigenvalue weighted by Gasteiger charge is 2.72. The second-order valence-corrected chi connectivity index (χ2v) is 11.9. The second-order valence-electron chi connectivity index (χ2n) is 9.87. The van der Waals surface area contributed by atoms with Crippen molar-refractivity contribution in [2.75, 3.05) is 11.6 Å². The van der Waals surface area contributed by atoms with Gasteiger partial charge in [0, 0.05) is 25.4 Å². The molecule has 224 valence electrons. The number of sulfone groups is 1. The minimum Gasteiger partial charge on any atom is -0.463 e. The van der Waals surface area contributed by atoms with Gasteiger partial charge in [-0.3, -0.25) is 14.4 Å². The number of anilines is 1. The summed E-state index contributed by atoms with van der Waals surface area (Å²) in [6.07, 6.45) is -13.9. The Balaban J connectivity index is 1.97. The summed E-state index contributed by atoms with van der Waals surface area (Å²) in [5, 5.41) is 2.37. The zero-order chi connectivity index (χ0) is 31.1. The van der Waals surface area contributed by atoms with Gasteiger partial charge in [-0.1, -0.05) is 18.2 Å². The van der Waals surface area contributed by atoms with Crippen LogP contribution in [0.15, 0.2) is 47.4 Å². The molecule has 0 aliphatic carbocycles. The molecule has 1 atom stereocenters. The minimum atomic E-state index is -5.94. The molecular weight excluding hydrogens is 582 g/mol. The van der Waals surface area contributed by atoms with Crippen molar-refractivity contribution in [2.24, 2.45) is 0 Å². The fraction of sp³-hybridized carbons (Fsp3) is 0.423. The molecule has 1 aliphatic rings. The number of benzene rings is 2. The largest absolute Gasteiger partial charge is 0.463 e. The molecule has 3 rings (SSSR count). The van der Waals surface area contributed by atoms with E-state index in [9.17, 15) is 49.1 Å². The van der Waals surface area contributed by atoms with E-state index in [0.29, 0.717) is 23.3 Å². The number of esters is 1. The van der Waals surface area contributed by atoms with Crippen LogP contribution in [0.4, 0.5) is 32.0 Å². The van der Waals surface area contributed by atoms with Gasteiger partial charge in [0.05, 0.1) is 17.4 Å². The van der Waals surface area contributed by atoms with E-state index < -0.39 is 69.5 Å². The molecule has 0 aromatic heterocycles. The highest BCUT2D eigenvalue weighted by Crippen LogP contribution is 2.54. The number of hydrogen-bond donors (Lipinski definition) is 1. The van der Waals surface area contributed by atoms with Gasteiger partial charge in [-0.2, -0.15) is 26.3 Å². The molecule has 15 heteroatoms. The number of fused-ring (bicyclic) bond motifs is 1.